The lowest BCUT2D eigenvalue weighted by atomic mass is 10.2. The third-order valence-corrected chi connectivity index (χ3v) is 4.45. The molecule has 0 aliphatic carbocycles. The van der Waals surface area contributed by atoms with Gasteiger partial charge < -0.3 is 9.84 Å². The summed E-state index contributed by atoms with van der Waals surface area (Å²) in [5.74, 6) is -0.850. The maximum absolute atomic E-state index is 11.2. The van der Waals surface area contributed by atoms with Gasteiger partial charge in [0.25, 0.3) is 0 Å². The molecular weight excluding hydrogens is 306 g/mol. The number of carboxylic acid groups (broad SMARTS) is 1. The van der Waals surface area contributed by atoms with Crippen LogP contribution < -0.4 is 5.32 Å². The summed E-state index contributed by atoms with van der Waals surface area (Å²) in [6.45, 7) is 1.38. The van der Waals surface area contributed by atoms with Gasteiger partial charge in [0, 0.05) is 27.9 Å². The minimum atomic E-state index is -0.850. The van der Waals surface area contributed by atoms with Crippen LogP contribution in [0.5, 0.6) is 0 Å². The maximum Gasteiger partial charge on any atom is 0.326 e. The second-order valence-corrected chi connectivity index (χ2v) is 5.84. The Morgan fingerprint density at radius 1 is 1.76 bits per heavy atom. The molecule has 6 heteroatoms. The van der Waals surface area contributed by atoms with Gasteiger partial charge in [-0.05, 0) is 34.8 Å². The lowest BCUT2D eigenvalue weighted by Crippen LogP contribution is -2.33. The van der Waals surface area contributed by atoms with Crippen LogP contribution >= 0.6 is 27.3 Å². The number of aliphatic carboxylic acids is 1. The number of hydrogen-bond donors (Lipinski definition) is 2. The summed E-state index contributed by atoms with van der Waals surface area (Å²) >= 11 is 4.77. The molecule has 0 spiro atoms. The van der Waals surface area contributed by atoms with Crippen LogP contribution in [-0.2, 0) is 9.53 Å². The Hall–Kier alpha value is -0.430. The standard InChI is InChI=1S/C11H14BrNO3S/c12-7-4-9(17-6-7)10(11(14)15)13-5-8-2-1-3-16-8/h4,6,8,10,13H,1-3,5H2,(H,14,15)/t8-,10+/m1/s1. The van der Waals surface area contributed by atoms with Crippen molar-refractivity contribution in [1.82, 2.24) is 5.32 Å². The summed E-state index contributed by atoms with van der Waals surface area (Å²) < 4.78 is 6.38. The Balaban J connectivity index is 1.95. The Morgan fingerprint density at radius 2 is 2.59 bits per heavy atom. The van der Waals surface area contributed by atoms with E-state index < -0.39 is 12.0 Å². The number of thiophene rings is 1. The zero-order chi connectivity index (χ0) is 12.3. The van der Waals surface area contributed by atoms with Crippen molar-refractivity contribution >= 4 is 33.2 Å². The normalized spacial score (nSPS) is 21.6. The van der Waals surface area contributed by atoms with Crippen LogP contribution in [0.4, 0.5) is 0 Å². The van der Waals surface area contributed by atoms with E-state index >= 15 is 0 Å². The minimum absolute atomic E-state index is 0.153. The second kappa shape index (κ2) is 5.95. The molecule has 0 bridgehead atoms. The highest BCUT2D eigenvalue weighted by Gasteiger charge is 2.23. The highest BCUT2D eigenvalue weighted by Crippen LogP contribution is 2.26. The third-order valence-electron chi connectivity index (χ3n) is 2.69. The average Bonchev–Trinajstić information content (AvgIpc) is 2.90. The van der Waals surface area contributed by atoms with Gasteiger partial charge in [0.1, 0.15) is 6.04 Å². The Labute approximate surface area is 112 Å². The molecule has 0 saturated carbocycles. The van der Waals surface area contributed by atoms with Crippen LogP contribution in [-0.4, -0.2) is 30.3 Å². The predicted molar refractivity (Wildman–Crippen MR) is 69.4 cm³/mol. The number of carboxylic acids is 1. The Morgan fingerprint density at radius 3 is 3.12 bits per heavy atom. The highest BCUT2D eigenvalue weighted by atomic mass is 79.9. The monoisotopic (exact) mass is 319 g/mol. The SMILES string of the molecule is O=C(O)[C@@H](NC[C@H]1CCCO1)c1cc(Br)cs1. The van der Waals surface area contributed by atoms with E-state index in [-0.39, 0.29) is 6.10 Å². The van der Waals surface area contributed by atoms with Crippen molar-refractivity contribution in [1.29, 1.82) is 0 Å². The number of rotatable bonds is 5. The van der Waals surface area contributed by atoms with E-state index in [9.17, 15) is 9.90 Å². The van der Waals surface area contributed by atoms with Crippen LogP contribution in [0.25, 0.3) is 0 Å². The topological polar surface area (TPSA) is 58.6 Å². The number of ether oxygens (including phenoxy) is 1. The quantitative estimate of drug-likeness (QED) is 0.875. The van der Waals surface area contributed by atoms with Gasteiger partial charge in [0.15, 0.2) is 0 Å². The molecule has 4 nitrogen and oxygen atoms in total. The molecule has 2 heterocycles. The van der Waals surface area contributed by atoms with Crippen LogP contribution in [0.1, 0.15) is 23.8 Å². The van der Waals surface area contributed by atoms with Gasteiger partial charge in [-0.25, -0.2) is 0 Å². The molecule has 0 aromatic carbocycles. The molecular formula is C11H14BrNO3S. The van der Waals surface area contributed by atoms with Crippen LogP contribution in [0, 0.1) is 0 Å². The summed E-state index contributed by atoms with van der Waals surface area (Å²) in [6.07, 6.45) is 2.22. The van der Waals surface area contributed by atoms with E-state index in [4.69, 9.17) is 4.74 Å². The van der Waals surface area contributed by atoms with E-state index in [0.717, 1.165) is 28.8 Å². The van der Waals surface area contributed by atoms with Gasteiger partial charge in [-0.15, -0.1) is 11.3 Å². The van der Waals surface area contributed by atoms with Crippen molar-refractivity contribution < 1.29 is 14.6 Å². The third kappa shape index (κ3) is 3.51. The first-order valence-corrected chi connectivity index (χ1v) is 7.16. The first kappa shape index (κ1) is 13.0. The molecule has 1 aromatic rings. The van der Waals surface area contributed by atoms with E-state index in [1.165, 1.54) is 11.3 Å². The zero-order valence-corrected chi connectivity index (χ0v) is 11.6. The van der Waals surface area contributed by atoms with Gasteiger partial charge in [-0.3, -0.25) is 10.1 Å². The first-order chi connectivity index (χ1) is 8.16. The van der Waals surface area contributed by atoms with E-state index in [1.807, 2.05) is 11.4 Å². The smallest absolute Gasteiger partial charge is 0.326 e. The summed E-state index contributed by atoms with van der Waals surface area (Å²) in [6, 6.07) is 1.20. The zero-order valence-electron chi connectivity index (χ0n) is 9.19. The molecule has 1 aliphatic heterocycles. The molecule has 1 aromatic heterocycles. The van der Waals surface area contributed by atoms with Gasteiger partial charge in [-0.1, -0.05) is 0 Å². The van der Waals surface area contributed by atoms with Crippen LogP contribution in [0.2, 0.25) is 0 Å². The second-order valence-electron chi connectivity index (χ2n) is 3.98. The molecule has 0 radical (unpaired) electrons. The highest BCUT2D eigenvalue weighted by molar-refractivity contribution is 9.10. The molecule has 1 fully saturated rings. The molecule has 94 valence electrons. The molecule has 17 heavy (non-hydrogen) atoms. The van der Waals surface area contributed by atoms with Gasteiger partial charge in [0.05, 0.1) is 6.10 Å². The summed E-state index contributed by atoms with van der Waals surface area (Å²) in [5.41, 5.74) is 0. The lowest BCUT2D eigenvalue weighted by Gasteiger charge is -2.16. The maximum atomic E-state index is 11.2. The van der Waals surface area contributed by atoms with E-state index in [2.05, 4.69) is 21.2 Å². The molecule has 1 aliphatic rings. The Kier molecular flexibility index (Phi) is 4.55. The summed E-state index contributed by atoms with van der Waals surface area (Å²) in [7, 11) is 0. The lowest BCUT2D eigenvalue weighted by molar-refractivity contribution is -0.139. The largest absolute Gasteiger partial charge is 0.480 e. The molecule has 2 atom stereocenters. The van der Waals surface area contributed by atoms with Gasteiger partial charge in [0.2, 0.25) is 0 Å². The Bertz CT molecular complexity index is 390. The minimum Gasteiger partial charge on any atom is -0.480 e. The summed E-state index contributed by atoms with van der Waals surface area (Å²) in [4.78, 5) is 12.0. The molecule has 2 rings (SSSR count). The van der Waals surface area contributed by atoms with Crippen molar-refractivity contribution in [3.05, 3.63) is 20.8 Å². The van der Waals surface area contributed by atoms with Crippen molar-refractivity contribution in [2.75, 3.05) is 13.2 Å². The fourth-order valence-corrected chi connectivity index (χ4v) is 3.35. The van der Waals surface area contributed by atoms with E-state index in [0.29, 0.717) is 6.54 Å². The number of carbonyl (C=O) groups is 1. The van der Waals surface area contributed by atoms with Gasteiger partial charge >= 0.3 is 5.97 Å². The molecule has 2 N–H and O–H groups in total. The predicted octanol–water partition coefficient (Wildman–Crippen LogP) is 2.40. The van der Waals surface area contributed by atoms with Crippen molar-refractivity contribution in [3.8, 4) is 0 Å². The number of nitrogens with one attached hydrogen (secondary N) is 1. The van der Waals surface area contributed by atoms with Crippen molar-refractivity contribution in [2.24, 2.45) is 0 Å². The fraction of sp³-hybridized carbons (Fsp3) is 0.545. The molecule has 1 saturated heterocycles. The summed E-state index contributed by atoms with van der Waals surface area (Å²) in [5, 5.41) is 14.1. The van der Waals surface area contributed by atoms with Crippen LogP contribution in [0.15, 0.2) is 15.9 Å². The average molecular weight is 320 g/mol. The number of hydrogen-bond acceptors (Lipinski definition) is 4. The fourth-order valence-electron chi connectivity index (χ4n) is 1.84. The van der Waals surface area contributed by atoms with Crippen molar-refractivity contribution in [3.63, 3.8) is 0 Å². The number of halogens is 1. The van der Waals surface area contributed by atoms with Crippen molar-refractivity contribution in [2.45, 2.75) is 25.0 Å². The first-order valence-electron chi connectivity index (χ1n) is 5.48. The van der Waals surface area contributed by atoms with E-state index in [1.54, 1.807) is 0 Å². The van der Waals surface area contributed by atoms with Crippen LogP contribution in [0.3, 0.4) is 0 Å². The molecule has 0 unspecified atom stereocenters. The van der Waals surface area contributed by atoms with Gasteiger partial charge in [-0.2, -0.15) is 0 Å². The molecule has 0 amide bonds.